The van der Waals surface area contributed by atoms with Gasteiger partial charge in [-0.15, -0.1) is 0 Å². The van der Waals surface area contributed by atoms with Gasteiger partial charge in [-0.25, -0.2) is 0 Å². The Morgan fingerprint density at radius 3 is 2.41 bits per heavy atom. The van der Waals surface area contributed by atoms with Crippen LogP contribution in [-0.2, 0) is 13.1 Å². The number of hydrogen-bond donors (Lipinski definition) is 2. The topological polar surface area (TPSA) is 137 Å². The minimum Gasteiger partial charge on any atom is -0.321 e. The fraction of sp³-hybridized carbons (Fsp3) is 0.222. The molecule has 0 aliphatic carbocycles. The molecule has 0 spiro atoms. The molecule has 0 aliphatic rings. The second-order valence-electron chi connectivity index (χ2n) is 6.00. The number of nitrogens with zero attached hydrogens (tertiary/aromatic N) is 5. The molecule has 2 aromatic heterocycles. The predicted molar refractivity (Wildman–Crippen MR) is 105 cm³/mol. The van der Waals surface area contributed by atoms with Gasteiger partial charge in [0, 0.05) is 30.7 Å². The summed E-state index contributed by atoms with van der Waals surface area (Å²) in [6.07, 6.45) is 2.75. The average molecular weight is 397 g/mol. The Hall–Kier alpha value is -4.02. The van der Waals surface area contributed by atoms with E-state index in [9.17, 15) is 19.7 Å². The van der Waals surface area contributed by atoms with Gasteiger partial charge in [-0.3, -0.25) is 29.1 Å². The molecule has 0 atom stereocenters. The molecule has 1 aromatic carbocycles. The van der Waals surface area contributed by atoms with Gasteiger partial charge in [-0.2, -0.15) is 10.2 Å². The molecule has 0 radical (unpaired) electrons. The molecule has 2 amide bonds. The Kier molecular flexibility index (Phi) is 5.67. The Balaban J connectivity index is 1.76. The average Bonchev–Trinajstić information content (AvgIpc) is 3.35. The maximum Gasteiger partial charge on any atom is 0.320 e. The van der Waals surface area contributed by atoms with Gasteiger partial charge >= 0.3 is 5.69 Å². The number of benzene rings is 1. The van der Waals surface area contributed by atoms with Crippen molar-refractivity contribution < 1.29 is 14.5 Å². The number of carbonyl (C=O) groups excluding carboxylic acids is 2. The number of nitro groups is 1. The van der Waals surface area contributed by atoms with Crippen molar-refractivity contribution in [3.63, 3.8) is 0 Å². The second kappa shape index (κ2) is 8.33. The van der Waals surface area contributed by atoms with Crippen LogP contribution >= 0.6 is 0 Å². The van der Waals surface area contributed by atoms with Crippen LogP contribution in [0.25, 0.3) is 0 Å². The first-order chi connectivity index (χ1) is 13.9. The third-order valence-corrected chi connectivity index (χ3v) is 4.11. The van der Waals surface area contributed by atoms with Crippen LogP contribution in [0.2, 0.25) is 0 Å². The molecule has 11 heteroatoms. The Labute approximate surface area is 165 Å². The zero-order valence-electron chi connectivity index (χ0n) is 15.8. The third-order valence-electron chi connectivity index (χ3n) is 4.11. The van der Waals surface area contributed by atoms with Crippen molar-refractivity contribution in [2.45, 2.75) is 26.9 Å². The van der Waals surface area contributed by atoms with Crippen LogP contribution in [-0.4, -0.2) is 36.3 Å². The zero-order chi connectivity index (χ0) is 21.0. The quantitative estimate of drug-likeness (QED) is 0.464. The van der Waals surface area contributed by atoms with Crippen LogP contribution in [0.3, 0.4) is 0 Å². The summed E-state index contributed by atoms with van der Waals surface area (Å²) < 4.78 is 2.88. The first-order valence-corrected chi connectivity index (χ1v) is 8.89. The minimum absolute atomic E-state index is 0.280. The molecular formula is C18H19N7O4. The molecular weight excluding hydrogens is 378 g/mol. The maximum atomic E-state index is 12.5. The van der Waals surface area contributed by atoms with E-state index in [2.05, 4.69) is 20.8 Å². The van der Waals surface area contributed by atoms with E-state index in [4.69, 9.17) is 0 Å². The lowest BCUT2D eigenvalue weighted by Gasteiger charge is -2.09. The van der Waals surface area contributed by atoms with E-state index >= 15 is 0 Å². The van der Waals surface area contributed by atoms with Crippen molar-refractivity contribution in [2.75, 3.05) is 10.6 Å². The standard InChI is InChI=1S/C18H19N7O4/c1-3-23-11-15(25(28)29)16(22-23)18(27)21-13-7-5-6-12(10-13)20-17(26)14-8-9-19-24(14)4-2/h5-11H,3-4H2,1-2H3,(H,20,26)(H,21,27). The predicted octanol–water partition coefficient (Wildman–Crippen LogP) is 2.53. The van der Waals surface area contributed by atoms with E-state index in [1.807, 2.05) is 6.92 Å². The van der Waals surface area contributed by atoms with Crippen LogP contribution in [0.4, 0.5) is 17.1 Å². The number of rotatable bonds is 7. The molecule has 0 fully saturated rings. The SMILES string of the molecule is CCn1cc([N+](=O)[O-])c(C(=O)Nc2cccc(NC(=O)c3ccnn3CC)c2)n1. The van der Waals surface area contributed by atoms with Crippen molar-refractivity contribution >= 4 is 28.9 Å². The molecule has 2 heterocycles. The molecule has 3 rings (SSSR count). The lowest BCUT2D eigenvalue weighted by atomic mass is 10.2. The summed E-state index contributed by atoms with van der Waals surface area (Å²) in [5.74, 6) is -1.05. The number of hydrogen-bond acceptors (Lipinski definition) is 6. The summed E-state index contributed by atoms with van der Waals surface area (Å²) in [5, 5.41) is 24.5. The highest BCUT2D eigenvalue weighted by Gasteiger charge is 2.25. The van der Waals surface area contributed by atoms with Gasteiger partial charge in [0.1, 0.15) is 11.9 Å². The maximum absolute atomic E-state index is 12.5. The highest BCUT2D eigenvalue weighted by molar-refractivity contribution is 6.06. The lowest BCUT2D eigenvalue weighted by molar-refractivity contribution is -0.385. The highest BCUT2D eigenvalue weighted by Crippen LogP contribution is 2.20. The van der Waals surface area contributed by atoms with Crippen LogP contribution in [0, 0.1) is 10.1 Å². The first-order valence-electron chi connectivity index (χ1n) is 8.89. The fourth-order valence-corrected chi connectivity index (χ4v) is 2.71. The molecule has 29 heavy (non-hydrogen) atoms. The largest absolute Gasteiger partial charge is 0.321 e. The summed E-state index contributed by atoms with van der Waals surface area (Å²) in [7, 11) is 0. The Bertz CT molecular complexity index is 1070. The lowest BCUT2D eigenvalue weighted by Crippen LogP contribution is -2.18. The van der Waals surface area contributed by atoms with E-state index in [0.29, 0.717) is 30.2 Å². The third kappa shape index (κ3) is 4.29. The van der Waals surface area contributed by atoms with Gasteiger partial charge in [0.05, 0.1) is 4.92 Å². The molecule has 11 nitrogen and oxygen atoms in total. The van der Waals surface area contributed by atoms with Gasteiger partial charge in [-0.1, -0.05) is 6.07 Å². The van der Waals surface area contributed by atoms with Crippen molar-refractivity contribution in [2.24, 2.45) is 0 Å². The van der Waals surface area contributed by atoms with Crippen molar-refractivity contribution in [1.29, 1.82) is 0 Å². The molecule has 2 N–H and O–H groups in total. The van der Waals surface area contributed by atoms with Crippen LogP contribution in [0.5, 0.6) is 0 Å². The number of amides is 2. The van der Waals surface area contributed by atoms with Crippen molar-refractivity contribution in [3.05, 3.63) is 64.2 Å². The Morgan fingerprint density at radius 2 is 1.79 bits per heavy atom. The number of aryl methyl sites for hydroxylation is 2. The highest BCUT2D eigenvalue weighted by atomic mass is 16.6. The van der Waals surface area contributed by atoms with Crippen molar-refractivity contribution in [1.82, 2.24) is 19.6 Å². The molecule has 3 aromatic rings. The van der Waals surface area contributed by atoms with Gasteiger partial charge in [0.15, 0.2) is 0 Å². The summed E-state index contributed by atoms with van der Waals surface area (Å²) in [6, 6.07) is 8.06. The van der Waals surface area contributed by atoms with E-state index in [0.717, 1.165) is 0 Å². The molecule has 0 saturated carbocycles. The molecule has 0 saturated heterocycles. The summed E-state index contributed by atoms with van der Waals surface area (Å²) in [4.78, 5) is 35.4. The molecule has 150 valence electrons. The van der Waals surface area contributed by atoms with E-state index in [1.54, 1.807) is 41.9 Å². The summed E-state index contributed by atoms with van der Waals surface area (Å²) >= 11 is 0. The van der Waals surface area contributed by atoms with Crippen LogP contribution in [0.15, 0.2) is 42.7 Å². The van der Waals surface area contributed by atoms with E-state index in [-0.39, 0.29) is 17.3 Å². The van der Waals surface area contributed by atoms with Gasteiger partial charge in [0.2, 0.25) is 5.69 Å². The fourth-order valence-electron chi connectivity index (χ4n) is 2.71. The van der Waals surface area contributed by atoms with E-state index in [1.165, 1.54) is 17.1 Å². The van der Waals surface area contributed by atoms with Crippen molar-refractivity contribution in [3.8, 4) is 0 Å². The number of carbonyl (C=O) groups is 2. The smallest absolute Gasteiger partial charge is 0.320 e. The normalized spacial score (nSPS) is 10.6. The number of aromatic nitrogens is 4. The molecule has 0 bridgehead atoms. The number of nitrogens with one attached hydrogen (secondary N) is 2. The molecule has 0 unspecified atom stereocenters. The minimum atomic E-state index is -0.712. The number of anilines is 2. The van der Waals surface area contributed by atoms with Gasteiger partial charge in [0.25, 0.3) is 11.8 Å². The summed E-state index contributed by atoms with van der Waals surface area (Å²) in [5.41, 5.74) is 0.560. The second-order valence-corrected chi connectivity index (χ2v) is 6.00. The first kappa shape index (κ1) is 19.7. The van der Waals surface area contributed by atoms with Crippen LogP contribution in [0.1, 0.15) is 34.8 Å². The van der Waals surface area contributed by atoms with E-state index < -0.39 is 10.8 Å². The van der Waals surface area contributed by atoms with Gasteiger partial charge < -0.3 is 10.6 Å². The van der Waals surface area contributed by atoms with Gasteiger partial charge in [-0.05, 0) is 38.1 Å². The molecule has 0 aliphatic heterocycles. The Morgan fingerprint density at radius 1 is 1.10 bits per heavy atom. The summed E-state index contributed by atoms with van der Waals surface area (Å²) in [6.45, 7) is 4.58. The zero-order valence-corrected chi connectivity index (χ0v) is 15.8. The monoisotopic (exact) mass is 397 g/mol. The van der Waals surface area contributed by atoms with Crippen LogP contribution < -0.4 is 10.6 Å².